The predicted molar refractivity (Wildman–Crippen MR) is 81.3 cm³/mol. The Hall–Kier alpha value is -1.95. The maximum absolute atomic E-state index is 11.9. The summed E-state index contributed by atoms with van der Waals surface area (Å²) in [5, 5.41) is 0. The third kappa shape index (κ3) is 4.53. The van der Waals surface area contributed by atoms with Gasteiger partial charge in [0.25, 0.3) is 0 Å². The first kappa shape index (κ1) is 15.4. The summed E-state index contributed by atoms with van der Waals surface area (Å²) in [6, 6.07) is 5.49. The zero-order chi connectivity index (χ0) is 15.1. The minimum Gasteiger partial charge on any atom is -0.477 e. The third-order valence-electron chi connectivity index (χ3n) is 2.69. The Bertz CT molecular complexity index is 605. The van der Waals surface area contributed by atoms with Crippen molar-refractivity contribution in [1.29, 1.82) is 0 Å². The lowest BCUT2D eigenvalue weighted by Crippen LogP contribution is -2.11. The van der Waals surface area contributed by atoms with E-state index < -0.39 is 5.97 Å². The number of hydrogen-bond donors (Lipinski definition) is 0. The molecule has 2 heterocycles. The molecule has 110 valence electrons. The summed E-state index contributed by atoms with van der Waals surface area (Å²) in [4.78, 5) is 20.0. The second-order valence-corrected chi connectivity index (χ2v) is 5.10. The average molecular weight is 351 g/mol. The topological polar surface area (TPSA) is 61.3 Å². The van der Waals surface area contributed by atoms with Crippen LogP contribution in [0.1, 0.15) is 22.8 Å². The first-order valence-corrected chi connectivity index (χ1v) is 7.34. The van der Waals surface area contributed by atoms with Gasteiger partial charge in [-0.1, -0.05) is 0 Å². The molecule has 2 aromatic heterocycles. The van der Waals surface area contributed by atoms with Crippen molar-refractivity contribution in [2.24, 2.45) is 0 Å². The minimum absolute atomic E-state index is 0.283. The number of carbonyl (C=O) groups excluding carboxylic acids is 1. The van der Waals surface area contributed by atoms with Crippen molar-refractivity contribution in [3.8, 4) is 5.88 Å². The Kier molecular flexibility index (Phi) is 5.68. The largest absolute Gasteiger partial charge is 0.477 e. The van der Waals surface area contributed by atoms with Gasteiger partial charge >= 0.3 is 5.97 Å². The van der Waals surface area contributed by atoms with E-state index >= 15 is 0 Å². The van der Waals surface area contributed by atoms with Gasteiger partial charge < -0.3 is 9.47 Å². The molecule has 6 heteroatoms. The standard InChI is InChI=1S/C15H15BrN2O3/c1-2-20-15(19)13-9-12(16)10-18-14(13)21-8-5-11-3-6-17-7-4-11/h3-4,6-7,9-10H,2,5,8H2,1H3. The quantitative estimate of drug-likeness (QED) is 0.749. The fraction of sp³-hybridized carbons (Fsp3) is 0.267. The maximum Gasteiger partial charge on any atom is 0.343 e. The van der Waals surface area contributed by atoms with Gasteiger partial charge in [0.05, 0.1) is 13.2 Å². The van der Waals surface area contributed by atoms with Crippen LogP contribution >= 0.6 is 15.9 Å². The molecule has 0 saturated carbocycles. The normalized spacial score (nSPS) is 10.2. The molecule has 0 bridgehead atoms. The Labute approximate surface area is 131 Å². The van der Waals surface area contributed by atoms with Gasteiger partial charge in [0.15, 0.2) is 0 Å². The van der Waals surface area contributed by atoms with Gasteiger partial charge in [-0.15, -0.1) is 0 Å². The number of esters is 1. The number of carbonyl (C=O) groups is 1. The molecule has 0 saturated heterocycles. The van der Waals surface area contributed by atoms with Gasteiger partial charge in [-0.25, -0.2) is 9.78 Å². The van der Waals surface area contributed by atoms with E-state index in [-0.39, 0.29) is 5.88 Å². The van der Waals surface area contributed by atoms with Crippen LogP contribution in [0, 0.1) is 0 Å². The van der Waals surface area contributed by atoms with Crippen LogP contribution in [0.25, 0.3) is 0 Å². The van der Waals surface area contributed by atoms with Crippen molar-refractivity contribution in [2.45, 2.75) is 13.3 Å². The highest BCUT2D eigenvalue weighted by atomic mass is 79.9. The van der Waals surface area contributed by atoms with Crippen molar-refractivity contribution < 1.29 is 14.3 Å². The highest BCUT2D eigenvalue weighted by Gasteiger charge is 2.16. The SMILES string of the molecule is CCOC(=O)c1cc(Br)cnc1OCCc1ccncc1. The molecular weight excluding hydrogens is 336 g/mol. The van der Waals surface area contributed by atoms with Gasteiger partial charge in [-0.2, -0.15) is 0 Å². The Morgan fingerprint density at radius 1 is 1.33 bits per heavy atom. The van der Waals surface area contributed by atoms with Crippen LogP contribution in [0.4, 0.5) is 0 Å². The molecule has 0 amide bonds. The molecule has 0 atom stereocenters. The number of aromatic nitrogens is 2. The molecule has 5 nitrogen and oxygen atoms in total. The van der Waals surface area contributed by atoms with Crippen LogP contribution < -0.4 is 4.74 Å². The van der Waals surface area contributed by atoms with Crippen LogP contribution in [0.15, 0.2) is 41.3 Å². The molecule has 0 N–H and O–H groups in total. The Morgan fingerprint density at radius 2 is 2.10 bits per heavy atom. The Morgan fingerprint density at radius 3 is 2.81 bits per heavy atom. The van der Waals surface area contributed by atoms with E-state index in [4.69, 9.17) is 9.47 Å². The number of rotatable bonds is 6. The number of ether oxygens (including phenoxy) is 2. The zero-order valence-electron chi connectivity index (χ0n) is 11.6. The summed E-state index contributed by atoms with van der Waals surface area (Å²) in [7, 11) is 0. The number of pyridine rings is 2. The lowest BCUT2D eigenvalue weighted by atomic mass is 10.2. The fourth-order valence-corrected chi connectivity index (χ4v) is 2.04. The van der Waals surface area contributed by atoms with Crippen LogP contribution in [0.5, 0.6) is 5.88 Å². The summed E-state index contributed by atoms with van der Waals surface area (Å²) < 4.78 is 11.3. The van der Waals surface area contributed by atoms with Crippen molar-refractivity contribution in [1.82, 2.24) is 9.97 Å². The monoisotopic (exact) mass is 350 g/mol. The smallest absolute Gasteiger partial charge is 0.343 e. The van der Waals surface area contributed by atoms with E-state index in [9.17, 15) is 4.79 Å². The summed E-state index contributed by atoms with van der Waals surface area (Å²) in [5.41, 5.74) is 1.43. The number of nitrogens with zero attached hydrogens (tertiary/aromatic N) is 2. The van der Waals surface area contributed by atoms with Crippen LogP contribution in [0.2, 0.25) is 0 Å². The molecule has 0 aliphatic carbocycles. The maximum atomic E-state index is 11.9. The number of halogens is 1. The van der Waals surface area contributed by atoms with E-state index in [0.29, 0.717) is 29.7 Å². The van der Waals surface area contributed by atoms with Crippen LogP contribution in [-0.2, 0) is 11.2 Å². The second kappa shape index (κ2) is 7.73. The lowest BCUT2D eigenvalue weighted by Gasteiger charge is -2.10. The second-order valence-electron chi connectivity index (χ2n) is 4.18. The first-order chi connectivity index (χ1) is 10.2. The molecule has 0 aromatic carbocycles. The highest BCUT2D eigenvalue weighted by Crippen LogP contribution is 2.21. The van der Waals surface area contributed by atoms with Crippen molar-refractivity contribution in [3.05, 3.63) is 52.4 Å². The zero-order valence-corrected chi connectivity index (χ0v) is 13.2. The molecule has 0 fully saturated rings. The van der Waals surface area contributed by atoms with E-state index in [1.807, 2.05) is 12.1 Å². The van der Waals surface area contributed by atoms with Crippen molar-refractivity contribution >= 4 is 21.9 Å². The van der Waals surface area contributed by atoms with Gasteiger partial charge in [0.1, 0.15) is 5.56 Å². The molecule has 2 aromatic rings. The molecule has 0 unspecified atom stereocenters. The van der Waals surface area contributed by atoms with Crippen LogP contribution in [0.3, 0.4) is 0 Å². The van der Waals surface area contributed by atoms with Gasteiger partial charge in [0, 0.05) is 29.5 Å². The average Bonchev–Trinajstić information content (AvgIpc) is 2.50. The minimum atomic E-state index is -0.440. The van der Waals surface area contributed by atoms with Gasteiger partial charge in [-0.3, -0.25) is 4.98 Å². The van der Waals surface area contributed by atoms with Crippen molar-refractivity contribution in [3.63, 3.8) is 0 Å². The molecule has 0 radical (unpaired) electrons. The molecule has 0 aliphatic rings. The third-order valence-corrected chi connectivity index (χ3v) is 3.13. The summed E-state index contributed by atoms with van der Waals surface area (Å²) in [5.74, 6) is -0.157. The van der Waals surface area contributed by atoms with Gasteiger partial charge in [-0.05, 0) is 46.6 Å². The van der Waals surface area contributed by atoms with Crippen LogP contribution in [-0.4, -0.2) is 29.2 Å². The van der Waals surface area contributed by atoms with Crippen molar-refractivity contribution in [2.75, 3.05) is 13.2 Å². The lowest BCUT2D eigenvalue weighted by molar-refractivity contribution is 0.0520. The number of hydrogen-bond acceptors (Lipinski definition) is 5. The molecule has 2 rings (SSSR count). The first-order valence-electron chi connectivity index (χ1n) is 6.55. The van der Waals surface area contributed by atoms with E-state index in [0.717, 1.165) is 5.56 Å². The summed E-state index contributed by atoms with van der Waals surface area (Å²) >= 11 is 3.29. The van der Waals surface area contributed by atoms with Gasteiger partial charge in [0.2, 0.25) is 5.88 Å². The summed E-state index contributed by atoms with van der Waals surface area (Å²) in [6.07, 6.45) is 5.77. The molecular formula is C15H15BrN2O3. The predicted octanol–water partition coefficient (Wildman–Crippen LogP) is 3.04. The fourth-order valence-electron chi connectivity index (χ4n) is 1.71. The van der Waals surface area contributed by atoms with E-state index in [2.05, 4.69) is 25.9 Å². The molecule has 21 heavy (non-hydrogen) atoms. The highest BCUT2D eigenvalue weighted by molar-refractivity contribution is 9.10. The molecule has 0 spiro atoms. The van der Waals surface area contributed by atoms with E-state index in [1.54, 1.807) is 31.6 Å². The summed E-state index contributed by atoms with van der Waals surface area (Å²) in [6.45, 7) is 2.49. The molecule has 0 aliphatic heterocycles. The Balaban J connectivity index is 2.03. The van der Waals surface area contributed by atoms with E-state index in [1.165, 1.54) is 0 Å².